The summed E-state index contributed by atoms with van der Waals surface area (Å²) in [6.45, 7) is 1.98. The fraction of sp³-hybridized carbons (Fsp3) is 0.435. The lowest BCUT2D eigenvalue weighted by molar-refractivity contribution is 0.0270. The van der Waals surface area contributed by atoms with Crippen molar-refractivity contribution in [3.63, 3.8) is 0 Å². The van der Waals surface area contributed by atoms with Crippen molar-refractivity contribution >= 4 is 40.8 Å². The Bertz CT molecular complexity index is 1240. The number of rotatable bonds is 9. The van der Waals surface area contributed by atoms with Crippen LogP contribution >= 0.6 is 11.8 Å². The van der Waals surface area contributed by atoms with Crippen molar-refractivity contribution < 1.29 is 23.8 Å². The fourth-order valence-corrected chi connectivity index (χ4v) is 4.24. The van der Waals surface area contributed by atoms with Crippen molar-refractivity contribution in [2.24, 2.45) is 0 Å². The quantitative estimate of drug-likeness (QED) is 0.402. The second-order valence-electron chi connectivity index (χ2n) is 8.47. The Morgan fingerprint density at radius 3 is 2.86 bits per heavy atom. The molecule has 0 saturated carbocycles. The van der Waals surface area contributed by atoms with Gasteiger partial charge < -0.3 is 30.2 Å². The number of thioether (sulfide) groups is 1. The van der Waals surface area contributed by atoms with Crippen LogP contribution in [-0.2, 0) is 15.2 Å². The molecule has 0 radical (unpaired) electrons. The van der Waals surface area contributed by atoms with E-state index in [1.807, 2.05) is 25.3 Å². The molecule has 1 aliphatic rings. The number of hydrogen-bond acceptors (Lipinski definition) is 11. The highest BCUT2D eigenvalue weighted by Gasteiger charge is 2.26. The van der Waals surface area contributed by atoms with Gasteiger partial charge in [0.1, 0.15) is 24.5 Å². The van der Waals surface area contributed by atoms with Crippen LogP contribution in [0.25, 0.3) is 16.9 Å². The van der Waals surface area contributed by atoms with Gasteiger partial charge in [-0.1, -0.05) is 0 Å². The molecule has 12 nitrogen and oxygen atoms in total. The first kappa shape index (κ1) is 25.7. The van der Waals surface area contributed by atoms with Crippen molar-refractivity contribution in [1.29, 1.82) is 0 Å². The minimum atomic E-state index is -0.592. The molecule has 3 heterocycles. The number of benzene rings is 1. The predicted octanol–water partition coefficient (Wildman–Crippen LogP) is 1.86. The first-order valence-electron chi connectivity index (χ1n) is 11.4. The van der Waals surface area contributed by atoms with E-state index < -0.39 is 12.1 Å². The number of hydrogen-bond donors (Lipinski definition) is 2. The Hall–Kier alpha value is -3.42. The Labute approximate surface area is 212 Å². The minimum Gasteiger partial charge on any atom is -0.456 e. The van der Waals surface area contributed by atoms with Gasteiger partial charge in [-0.2, -0.15) is 11.8 Å². The lowest BCUT2D eigenvalue weighted by atomic mass is 10.1. The largest absolute Gasteiger partial charge is 0.456 e. The van der Waals surface area contributed by atoms with Gasteiger partial charge in [-0.05, 0) is 26.4 Å². The average molecular weight is 516 g/mol. The van der Waals surface area contributed by atoms with Gasteiger partial charge in [-0.15, -0.1) is 0 Å². The first-order valence-corrected chi connectivity index (χ1v) is 12.8. The molecule has 1 aliphatic heterocycles. The molecule has 1 atom stereocenters. The molecule has 3 N–H and O–H groups in total. The maximum absolute atomic E-state index is 13.3. The maximum Gasteiger partial charge on any atom is 0.412 e. The highest BCUT2D eigenvalue weighted by atomic mass is 32.2. The average Bonchev–Trinajstić information content (AvgIpc) is 3.50. The van der Waals surface area contributed by atoms with Gasteiger partial charge in [0, 0.05) is 36.9 Å². The third-order valence-corrected chi connectivity index (χ3v) is 6.11. The Kier molecular flexibility index (Phi) is 8.23. The van der Waals surface area contributed by atoms with Crippen molar-refractivity contribution in [2.75, 3.05) is 52.4 Å². The molecule has 0 unspecified atom stereocenters. The summed E-state index contributed by atoms with van der Waals surface area (Å²) in [5, 5.41) is 2.74. The van der Waals surface area contributed by atoms with E-state index >= 15 is 0 Å². The molecule has 0 bridgehead atoms. The van der Waals surface area contributed by atoms with Crippen LogP contribution in [0.5, 0.6) is 5.75 Å². The topological polar surface area (TPSA) is 147 Å². The number of anilines is 1. The third kappa shape index (κ3) is 5.86. The number of fused-ring (bicyclic) bond motifs is 1. The minimum absolute atomic E-state index is 0.210. The van der Waals surface area contributed by atoms with E-state index in [4.69, 9.17) is 19.9 Å². The summed E-state index contributed by atoms with van der Waals surface area (Å²) < 4.78 is 18.3. The van der Waals surface area contributed by atoms with Crippen LogP contribution in [0.4, 0.5) is 10.6 Å². The molecule has 0 spiro atoms. The molecule has 192 valence electrons. The lowest BCUT2D eigenvalue weighted by Crippen LogP contribution is -2.33. The summed E-state index contributed by atoms with van der Waals surface area (Å²) >= 11 is 1.53. The highest BCUT2D eigenvalue weighted by Crippen LogP contribution is 2.32. The molecule has 13 heteroatoms. The van der Waals surface area contributed by atoms with Gasteiger partial charge in [-0.3, -0.25) is 4.57 Å². The maximum atomic E-state index is 13.3. The number of carbonyl (C=O) groups is 2. The molecule has 4 rings (SSSR count). The van der Waals surface area contributed by atoms with E-state index in [2.05, 4.69) is 20.3 Å². The number of nitrogens with one attached hydrogen (secondary N) is 1. The SMILES string of the molecule is CSCc1cc(C(=O)O[C@@H]2CCOC2)c(-n2cnc3c(N)ncnc32)cc1OC(=O)NCCN(C)C. The summed E-state index contributed by atoms with van der Waals surface area (Å²) in [5.41, 5.74) is 8.09. The molecule has 1 amide bonds. The van der Waals surface area contributed by atoms with Crippen LogP contribution in [0.1, 0.15) is 22.3 Å². The second-order valence-corrected chi connectivity index (χ2v) is 9.33. The molecule has 36 heavy (non-hydrogen) atoms. The van der Waals surface area contributed by atoms with Crippen LogP contribution in [0.2, 0.25) is 0 Å². The number of imidazole rings is 1. The molecule has 1 saturated heterocycles. The van der Waals surface area contributed by atoms with Gasteiger partial charge in [0.05, 0.1) is 24.5 Å². The van der Waals surface area contributed by atoms with Crippen molar-refractivity contribution in [1.82, 2.24) is 29.7 Å². The van der Waals surface area contributed by atoms with Crippen LogP contribution in [0.15, 0.2) is 24.8 Å². The second kappa shape index (κ2) is 11.5. The van der Waals surface area contributed by atoms with Crippen molar-refractivity contribution in [3.8, 4) is 11.4 Å². The molecule has 2 aromatic heterocycles. The van der Waals surface area contributed by atoms with E-state index in [0.29, 0.717) is 66.6 Å². The zero-order valence-electron chi connectivity index (χ0n) is 20.4. The first-order chi connectivity index (χ1) is 17.4. The van der Waals surface area contributed by atoms with Crippen LogP contribution in [0, 0.1) is 0 Å². The molecule has 1 aromatic carbocycles. The summed E-state index contributed by atoms with van der Waals surface area (Å²) in [6, 6.07) is 3.31. The number of carbonyl (C=O) groups excluding carboxylic acids is 2. The van der Waals surface area contributed by atoms with E-state index in [-0.39, 0.29) is 17.5 Å². The molecule has 0 aliphatic carbocycles. The fourth-order valence-electron chi connectivity index (χ4n) is 3.71. The number of nitrogen functional groups attached to an aromatic ring is 1. The molecular formula is C23H29N7O5S. The molecule has 1 fully saturated rings. The summed E-state index contributed by atoms with van der Waals surface area (Å²) in [7, 11) is 3.83. The van der Waals surface area contributed by atoms with E-state index in [0.717, 1.165) is 0 Å². The monoisotopic (exact) mass is 515 g/mol. The Morgan fingerprint density at radius 2 is 2.14 bits per heavy atom. The number of nitrogens with zero attached hydrogens (tertiary/aromatic N) is 5. The molecular weight excluding hydrogens is 486 g/mol. The van der Waals surface area contributed by atoms with Gasteiger partial charge >= 0.3 is 12.1 Å². The standard InChI is InChI=1S/C23H29N7O5S/c1-29(2)6-5-25-23(32)35-18-9-17(30-13-28-19-20(24)26-12-27-21(19)30)16(8-14(18)11-36-3)22(31)34-15-4-7-33-10-15/h8-9,12-13,15H,4-7,10-11H2,1-3H3,(H,25,32)(H2,24,26,27)/t15-/m1/s1. The van der Waals surface area contributed by atoms with Crippen LogP contribution < -0.4 is 15.8 Å². The van der Waals surface area contributed by atoms with E-state index in [9.17, 15) is 9.59 Å². The summed E-state index contributed by atoms with van der Waals surface area (Å²) in [6.07, 6.45) is 4.45. The Balaban J connectivity index is 1.76. The van der Waals surface area contributed by atoms with Gasteiger partial charge in [0.25, 0.3) is 0 Å². The van der Waals surface area contributed by atoms with Crippen molar-refractivity contribution in [2.45, 2.75) is 18.3 Å². The van der Waals surface area contributed by atoms with Crippen LogP contribution in [-0.4, -0.2) is 89.2 Å². The lowest BCUT2D eigenvalue weighted by Gasteiger charge is -2.18. The predicted molar refractivity (Wildman–Crippen MR) is 136 cm³/mol. The zero-order valence-corrected chi connectivity index (χ0v) is 21.2. The highest BCUT2D eigenvalue weighted by molar-refractivity contribution is 7.97. The number of ether oxygens (including phenoxy) is 3. The summed E-state index contributed by atoms with van der Waals surface area (Å²) in [5.74, 6) is 0.509. The van der Waals surface area contributed by atoms with Gasteiger partial charge in [0.15, 0.2) is 17.0 Å². The number of aromatic nitrogens is 4. The third-order valence-electron chi connectivity index (χ3n) is 5.51. The van der Waals surface area contributed by atoms with Gasteiger partial charge in [0.2, 0.25) is 0 Å². The van der Waals surface area contributed by atoms with Gasteiger partial charge in [-0.25, -0.2) is 24.5 Å². The molecule has 3 aromatic rings. The summed E-state index contributed by atoms with van der Waals surface area (Å²) in [4.78, 5) is 40.4. The van der Waals surface area contributed by atoms with E-state index in [1.54, 1.807) is 16.7 Å². The Morgan fingerprint density at radius 1 is 1.31 bits per heavy atom. The number of nitrogens with two attached hydrogens (primary N) is 1. The van der Waals surface area contributed by atoms with E-state index in [1.165, 1.54) is 24.4 Å². The number of likely N-dealkylation sites (N-methyl/N-ethyl adjacent to an activating group) is 1. The smallest absolute Gasteiger partial charge is 0.412 e. The number of amides is 1. The zero-order chi connectivity index (χ0) is 25.7. The normalized spacial score (nSPS) is 15.4. The number of esters is 1. The van der Waals surface area contributed by atoms with Crippen molar-refractivity contribution in [3.05, 3.63) is 35.9 Å². The van der Waals surface area contributed by atoms with Crippen LogP contribution in [0.3, 0.4) is 0 Å².